The van der Waals surface area contributed by atoms with E-state index in [0.29, 0.717) is 11.3 Å². The Hall–Kier alpha value is -2.96. The highest BCUT2D eigenvalue weighted by Gasteiger charge is 2.14. The van der Waals surface area contributed by atoms with Crippen LogP contribution in [0.1, 0.15) is 15.9 Å². The lowest BCUT2D eigenvalue weighted by molar-refractivity contribution is -0.384. The molecule has 20 heavy (non-hydrogen) atoms. The first kappa shape index (κ1) is 13.5. The zero-order valence-corrected chi connectivity index (χ0v) is 10.5. The average molecular weight is 273 g/mol. The van der Waals surface area contributed by atoms with Crippen LogP contribution in [0.2, 0.25) is 0 Å². The van der Waals surface area contributed by atoms with Gasteiger partial charge in [-0.1, -0.05) is 6.07 Å². The van der Waals surface area contributed by atoms with E-state index in [1.165, 1.54) is 36.7 Å². The largest absolute Gasteiger partial charge is 0.367 e. The summed E-state index contributed by atoms with van der Waals surface area (Å²) < 4.78 is 0. The number of anilines is 1. The van der Waals surface area contributed by atoms with Crippen molar-refractivity contribution in [3.05, 3.63) is 68.1 Å². The standard InChI is InChI=1S/C13H11N3O4/c1-8-2-3-9(16(19)20)6-11(8)15-13(18)10-7-14-5-4-12(10)17/h2-7H,1H3,(H,14,17)(H,15,18). The first-order valence-corrected chi connectivity index (χ1v) is 5.72. The van der Waals surface area contributed by atoms with Crippen LogP contribution in [0, 0.1) is 17.0 Å². The van der Waals surface area contributed by atoms with Crippen LogP contribution in [-0.2, 0) is 0 Å². The fourth-order valence-electron chi connectivity index (χ4n) is 1.64. The molecule has 0 saturated heterocycles. The molecule has 1 aromatic carbocycles. The van der Waals surface area contributed by atoms with Crippen LogP contribution in [0.15, 0.2) is 41.5 Å². The molecule has 2 rings (SSSR count). The van der Waals surface area contributed by atoms with Gasteiger partial charge >= 0.3 is 0 Å². The van der Waals surface area contributed by atoms with Gasteiger partial charge in [0, 0.05) is 30.6 Å². The van der Waals surface area contributed by atoms with Crippen LogP contribution in [0.5, 0.6) is 0 Å². The second kappa shape index (κ2) is 5.35. The lowest BCUT2D eigenvalue weighted by atomic mass is 10.1. The minimum Gasteiger partial charge on any atom is -0.367 e. The number of aromatic nitrogens is 1. The molecule has 0 aliphatic heterocycles. The highest BCUT2D eigenvalue weighted by Crippen LogP contribution is 2.22. The maximum atomic E-state index is 12.0. The average Bonchev–Trinajstić information content (AvgIpc) is 2.41. The molecule has 0 atom stereocenters. The second-order valence-electron chi connectivity index (χ2n) is 4.13. The van der Waals surface area contributed by atoms with Crippen LogP contribution in [0.4, 0.5) is 11.4 Å². The summed E-state index contributed by atoms with van der Waals surface area (Å²) in [6.45, 7) is 1.70. The number of rotatable bonds is 3. The van der Waals surface area contributed by atoms with Crippen molar-refractivity contribution in [2.45, 2.75) is 6.92 Å². The molecule has 1 amide bonds. The third kappa shape index (κ3) is 2.72. The van der Waals surface area contributed by atoms with E-state index in [9.17, 15) is 19.7 Å². The summed E-state index contributed by atoms with van der Waals surface area (Å²) in [5, 5.41) is 13.2. The number of hydrogen-bond donors (Lipinski definition) is 2. The van der Waals surface area contributed by atoms with Crippen LogP contribution >= 0.6 is 0 Å². The third-order valence-electron chi connectivity index (χ3n) is 2.75. The summed E-state index contributed by atoms with van der Waals surface area (Å²) >= 11 is 0. The number of carbonyl (C=O) groups excluding carboxylic acids is 1. The number of nitro groups is 1. The molecule has 0 fully saturated rings. The first-order chi connectivity index (χ1) is 9.49. The lowest BCUT2D eigenvalue weighted by Crippen LogP contribution is -2.21. The zero-order valence-electron chi connectivity index (χ0n) is 10.5. The van der Waals surface area contributed by atoms with Gasteiger partial charge in [0.25, 0.3) is 11.6 Å². The summed E-state index contributed by atoms with van der Waals surface area (Å²) in [6, 6.07) is 5.36. The van der Waals surface area contributed by atoms with Crippen LogP contribution in [0.3, 0.4) is 0 Å². The van der Waals surface area contributed by atoms with Crippen molar-refractivity contribution in [1.82, 2.24) is 4.98 Å². The number of benzene rings is 1. The predicted octanol–water partition coefficient (Wildman–Crippen LogP) is 1.84. The Kier molecular flexibility index (Phi) is 3.60. The normalized spacial score (nSPS) is 10.1. The Morgan fingerprint density at radius 1 is 1.35 bits per heavy atom. The molecule has 0 aliphatic carbocycles. The Morgan fingerprint density at radius 3 is 2.75 bits per heavy atom. The summed E-state index contributed by atoms with van der Waals surface area (Å²) in [5.74, 6) is -0.615. The molecule has 2 N–H and O–H groups in total. The van der Waals surface area contributed by atoms with E-state index in [1.807, 2.05) is 0 Å². The van der Waals surface area contributed by atoms with E-state index in [0.717, 1.165) is 0 Å². The van der Waals surface area contributed by atoms with E-state index < -0.39 is 16.3 Å². The molecule has 0 unspecified atom stereocenters. The number of carbonyl (C=O) groups is 1. The molecule has 7 heteroatoms. The fourth-order valence-corrected chi connectivity index (χ4v) is 1.64. The molecular formula is C13H11N3O4. The SMILES string of the molecule is Cc1ccc([N+](=O)[O-])cc1NC(=O)c1c[nH]ccc1=O. The molecule has 102 valence electrons. The number of nitrogens with one attached hydrogen (secondary N) is 2. The van der Waals surface area contributed by atoms with Crippen LogP contribution in [0.25, 0.3) is 0 Å². The minimum absolute atomic E-state index is 0.0570. The minimum atomic E-state index is -0.615. The summed E-state index contributed by atoms with van der Waals surface area (Å²) in [5.41, 5.74) is 0.347. The van der Waals surface area contributed by atoms with Gasteiger partial charge in [-0.2, -0.15) is 0 Å². The number of amides is 1. The predicted molar refractivity (Wildman–Crippen MR) is 72.8 cm³/mol. The molecule has 0 bridgehead atoms. The number of aryl methyl sites for hydroxylation is 1. The third-order valence-corrected chi connectivity index (χ3v) is 2.75. The van der Waals surface area contributed by atoms with Crippen LogP contribution < -0.4 is 10.7 Å². The van der Waals surface area contributed by atoms with Gasteiger partial charge in [0.15, 0.2) is 5.43 Å². The summed E-state index contributed by atoms with van der Waals surface area (Å²) in [7, 11) is 0. The maximum Gasteiger partial charge on any atom is 0.271 e. The first-order valence-electron chi connectivity index (χ1n) is 5.72. The van der Waals surface area contributed by atoms with Crippen molar-refractivity contribution in [1.29, 1.82) is 0 Å². The highest BCUT2D eigenvalue weighted by molar-refractivity contribution is 6.04. The highest BCUT2D eigenvalue weighted by atomic mass is 16.6. The molecule has 1 heterocycles. The van der Waals surface area contributed by atoms with Gasteiger partial charge in [-0.05, 0) is 12.5 Å². The van der Waals surface area contributed by atoms with Gasteiger partial charge < -0.3 is 10.3 Å². The van der Waals surface area contributed by atoms with Crippen molar-refractivity contribution < 1.29 is 9.72 Å². The summed E-state index contributed by atoms with van der Waals surface area (Å²) in [4.78, 5) is 36.3. The number of hydrogen-bond acceptors (Lipinski definition) is 4. The molecule has 0 spiro atoms. The quantitative estimate of drug-likeness (QED) is 0.657. The smallest absolute Gasteiger partial charge is 0.271 e. The van der Waals surface area contributed by atoms with Gasteiger partial charge in [0.05, 0.1) is 10.6 Å². The van der Waals surface area contributed by atoms with Crippen LogP contribution in [-0.4, -0.2) is 15.8 Å². The van der Waals surface area contributed by atoms with Crippen molar-refractivity contribution in [3.63, 3.8) is 0 Å². The Bertz CT molecular complexity index is 736. The van der Waals surface area contributed by atoms with Gasteiger partial charge in [-0.25, -0.2) is 0 Å². The number of pyridine rings is 1. The molecule has 0 radical (unpaired) electrons. The maximum absolute atomic E-state index is 12.0. The molecule has 0 saturated carbocycles. The molecular weight excluding hydrogens is 262 g/mol. The van der Waals surface area contributed by atoms with Gasteiger partial charge in [-0.3, -0.25) is 19.7 Å². The number of H-pyrrole nitrogens is 1. The van der Waals surface area contributed by atoms with Crippen molar-refractivity contribution >= 4 is 17.3 Å². The van der Waals surface area contributed by atoms with Gasteiger partial charge in [-0.15, -0.1) is 0 Å². The van der Waals surface area contributed by atoms with Gasteiger partial charge in [0.2, 0.25) is 0 Å². The van der Waals surface area contributed by atoms with E-state index in [2.05, 4.69) is 10.3 Å². The van der Waals surface area contributed by atoms with Crippen molar-refractivity contribution in [3.8, 4) is 0 Å². The Morgan fingerprint density at radius 2 is 2.10 bits per heavy atom. The molecule has 0 aliphatic rings. The summed E-state index contributed by atoms with van der Waals surface area (Å²) in [6.07, 6.45) is 2.70. The van der Waals surface area contributed by atoms with Crippen molar-refractivity contribution in [2.75, 3.05) is 5.32 Å². The molecule has 2 aromatic rings. The number of nitrogens with zero attached hydrogens (tertiary/aromatic N) is 1. The Labute approximate surface area is 113 Å². The fraction of sp³-hybridized carbons (Fsp3) is 0.0769. The van der Waals surface area contributed by atoms with E-state index >= 15 is 0 Å². The number of non-ortho nitro benzene ring substituents is 1. The number of aromatic amines is 1. The second-order valence-corrected chi connectivity index (χ2v) is 4.13. The monoisotopic (exact) mass is 273 g/mol. The van der Waals surface area contributed by atoms with Crippen molar-refractivity contribution in [2.24, 2.45) is 0 Å². The van der Waals surface area contributed by atoms with E-state index in [-0.39, 0.29) is 11.3 Å². The van der Waals surface area contributed by atoms with E-state index in [1.54, 1.807) is 6.92 Å². The Balaban J connectivity index is 2.33. The topological polar surface area (TPSA) is 105 Å². The molecule has 7 nitrogen and oxygen atoms in total. The van der Waals surface area contributed by atoms with Gasteiger partial charge in [0.1, 0.15) is 5.56 Å². The number of nitro benzene ring substituents is 1. The molecule has 1 aromatic heterocycles. The van der Waals surface area contributed by atoms with E-state index in [4.69, 9.17) is 0 Å². The lowest BCUT2D eigenvalue weighted by Gasteiger charge is -2.07. The zero-order chi connectivity index (χ0) is 14.7.